The van der Waals surface area contributed by atoms with Crippen LogP contribution >= 0.6 is 11.3 Å². The highest BCUT2D eigenvalue weighted by molar-refractivity contribution is 7.14. The summed E-state index contributed by atoms with van der Waals surface area (Å²) in [6.45, 7) is 2.62. The first kappa shape index (κ1) is 18.8. The Hall–Kier alpha value is -3.20. The number of nitrogens with one attached hydrogen (secondary N) is 1. The van der Waals surface area contributed by atoms with Crippen LogP contribution in [0.25, 0.3) is 11.3 Å². The van der Waals surface area contributed by atoms with Crippen LogP contribution in [-0.4, -0.2) is 47.2 Å². The van der Waals surface area contributed by atoms with Crippen molar-refractivity contribution < 1.29 is 14.3 Å². The summed E-state index contributed by atoms with van der Waals surface area (Å²) in [6.07, 6.45) is 6.85. The number of benzene rings is 1. The molecular formula is C21H21N5O3S. The van der Waals surface area contributed by atoms with Gasteiger partial charge in [-0.1, -0.05) is 0 Å². The molecule has 1 saturated heterocycles. The van der Waals surface area contributed by atoms with Crippen LogP contribution in [0.5, 0.6) is 11.5 Å². The van der Waals surface area contributed by atoms with Crippen molar-refractivity contribution in [1.29, 1.82) is 0 Å². The van der Waals surface area contributed by atoms with Crippen LogP contribution in [0.1, 0.15) is 12.8 Å². The van der Waals surface area contributed by atoms with Crippen molar-refractivity contribution in [3.63, 3.8) is 0 Å². The topological polar surface area (TPSA) is 89.5 Å². The fourth-order valence-electron chi connectivity index (χ4n) is 3.73. The lowest BCUT2D eigenvalue weighted by Crippen LogP contribution is -2.41. The van der Waals surface area contributed by atoms with E-state index in [0.29, 0.717) is 24.9 Å². The minimum atomic E-state index is -0.109. The van der Waals surface area contributed by atoms with Crippen molar-refractivity contribution in [3.8, 4) is 22.8 Å². The van der Waals surface area contributed by atoms with Gasteiger partial charge in [-0.25, -0.2) is 9.97 Å². The number of amides is 1. The molecule has 2 aliphatic heterocycles. The van der Waals surface area contributed by atoms with Gasteiger partial charge in [-0.3, -0.25) is 9.78 Å². The van der Waals surface area contributed by atoms with Gasteiger partial charge in [0.15, 0.2) is 16.6 Å². The van der Waals surface area contributed by atoms with Crippen LogP contribution < -0.4 is 19.7 Å². The zero-order valence-corrected chi connectivity index (χ0v) is 17.1. The van der Waals surface area contributed by atoms with Gasteiger partial charge in [-0.15, -0.1) is 11.3 Å². The Morgan fingerprint density at radius 1 is 1.20 bits per heavy atom. The van der Waals surface area contributed by atoms with E-state index in [4.69, 9.17) is 9.47 Å². The maximum atomic E-state index is 12.8. The number of hydrogen-bond donors (Lipinski definition) is 1. The van der Waals surface area contributed by atoms with E-state index in [0.717, 1.165) is 48.0 Å². The summed E-state index contributed by atoms with van der Waals surface area (Å²) in [4.78, 5) is 28.0. The maximum absolute atomic E-state index is 12.8. The number of anilines is 2. The van der Waals surface area contributed by atoms with E-state index < -0.39 is 0 Å². The van der Waals surface area contributed by atoms with E-state index in [1.165, 1.54) is 11.3 Å². The summed E-state index contributed by atoms with van der Waals surface area (Å²) in [5, 5.41) is 5.52. The molecule has 9 heteroatoms. The molecule has 1 fully saturated rings. The van der Waals surface area contributed by atoms with Crippen molar-refractivity contribution in [1.82, 2.24) is 15.0 Å². The van der Waals surface area contributed by atoms with Gasteiger partial charge in [-0.2, -0.15) is 0 Å². The zero-order valence-electron chi connectivity index (χ0n) is 16.3. The lowest BCUT2D eigenvalue weighted by atomic mass is 9.97. The number of carbonyl (C=O) groups is 1. The van der Waals surface area contributed by atoms with Gasteiger partial charge in [0, 0.05) is 36.4 Å². The van der Waals surface area contributed by atoms with Gasteiger partial charge >= 0.3 is 0 Å². The van der Waals surface area contributed by atoms with Crippen LogP contribution in [0.15, 0.2) is 42.2 Å². The van der Waals surface area contributed by atoms with Crippen LogP contribution in [0.4, 0.5) is 10.9 Å². The highest BCUT2D eigenvalue weighted by Crippen LogP contribution is 2.35. The Morgan fingerprint density at radius 3 is 2.97 bits per heavy atom. The van der Waals surface area contributed by atoms with E-state index in [1.807, 2.05) is 23.6 Å². The molecule has 4 heterocycles. The molecule has 30 heavy (non-hydrogen) atoms. The van der Waals surface area contributed by atoms with E-state index >= 15 is 0 Å². The lowest BCUT2D eigenvalue weighted by molar-refractivity contribution is -0.120. The lowest BCUT2D eigenvalue weighted by Gasteiger charge is -2.32. The van der Waals surface area contributed by atoms with Gasteiger partial charge in [0.2, 0.25) is 5.91 Å². The molecule has 0 aliphatic carbocycles. The molecule has 0 spiro atoms. The molecule has 0 radical (unpaired) electrons. The molecule has 5 rings (SSSR count). The first-order chi connectivity index (χ1) is 14.8. The van der Waals surface area contributed by atoms with Crippen LogP contribution in [-0.2, 0) is 4.79 Å². The number of rotatable bonds is 4. The van der Waals surface area contributed by atoms with Crippen LogP contribution in [0, 0.1) is 5.92 Å². The Labute approximate surface area is 177 Å². The molecule has 1 amide bonds. The highest BCUT2D eigenvalue weighted by Gasteiger charge is 2.27. The first-order valence-electron chi connectivity index (χ1n) is 9.93. The normalized spacial score (nSPS) is 18.1. The monoisotopic (exact) mass is 423 g/mol. The molecule has 0 saturated carbocycles. The maximum Gasteiger partial charge on any atom is 0.231 e. The number of fused-ring (bicyclic) bond motifs is 1. The number of nitrogens with zero attached hydrogens (tertiary/aromatic N) is 4. The van der Waals surface area contributed by atoms with Crippen molar-refractivity contribution >= 4 is 28.2 Å². The van der Waals surface area contributed by atoms with Crippen LogP contribution in [0.2, 0.25) is 0 Å². The average molecular weight is 423 g/mol. The quantitative estimate of drug-likeness (QED) is 0.689. The van der Waals surface area contributed by atoms with Crippen molar-refractivity contribution in [2.45, 2.75) is 12.8 Å². The van der Waals surface area contributed by atoms with Gasteiger partial charge in [0.25, 0.3) is 0 Å². The van der Waals surface area contributed by atoms with E-state index in [-0.39, 0.29) is 11.8 Å². The average Bonchev–Trinajstić information content (AvgIpc) is 3.28. The molecule has 1 aromatic carbocycles. The first-order valence-corrected chi connectivity index (χ1v) is 10.8. The summed E-state index contributed by atoms with van der Waals surface area (Å²) in [6, 6.07) is 5.77. The molecule has 1 atom stereocenters. The number of thiazole rings is 1. The predicted octanol–water partition coefficient (Wildman–Crippen LogP) is 3.23. The number of ether oxygens (including phenoxy) is 2. The molecular weight excluding hydrogens is 402 g/mol. The Kier molecular flexibility index (Phi) is 5.18. The van der Waals surface area contributed by atoms with Gasteiger partial charge in [0.1, 0.15) is 19.0 Å². The molecule has 1 unspecified atom stereocenters. The minimum Gasteiger partial charge on any atom is -0.486 e. The predicted molar refractivity (Wildman–Crippen MR) is 114 cm³/mol. The standard InChI is InChI=1S/C21H21N5O3S/c27-20(15-2-1-7-26(12-15)19-11-22-5-6-23-19)25-21-24-16(13-30-21)14-3-4-17-18(10-14)29-9-8-28-17/h3-6,10-11,13,15H,1-2,7-9,12H2,(H,24,25,27). The second-order valence-electron chi connectivity index (χ2n) is 7.23. The molecule has 3 aromatic rings. The SMILES string of the molecule is O=C(Nc1nc(-c2ccc3c(c2)OCCO3)cs1)C1CCCN(c2cnccn2)C1. The highest BCUT2D eigenvalue weighted by atomic mass is 32.1. The van der Waals surface area contributed by atoms with Gasteiger partial charge < -0.3 is 19.7 Å². The second-order valence-corrected chi connectivity index (χ2v) is 8.09. The van der Waals surface area contributed by atoms with Crippen molar-refractivity contribution in [3.05, 3.63) is 42.2 Å². The smallest absolute Gasteiger partial charge is 0.231 e. The number of piperidine rings is 1. The van der Waals surface area contributed by atoms with E-state index in [9.17, 15) is 4.79 Å². The van der Waals surface area contributed by atoms with Crippen molar-refractivity contribution in [2.75, 3.05) is 36.5 Å². The molecule has 2 aliphatic rings. The largest absolute Gasteiger partial charge is 0.486 e. The third-order valence-electron chi connectivity index (χ3n) is 5.24. The number of aromatic nitrogens is 3. The Morgan fingerprint density at radius 2 is 2.10 bits per heavy atom. The molecule has 154 valence electrons. The summed E-state index contributed by atoms with van der Waals surface area (Å²) >= 11 is 1.42. The van der Waals surface area contributed by atoms with Gasteiger partial charge in [0.05, 0.1) is 17.8 Å². The summed E-state index contributed by atoms with van der Waals surface area (Å²) < 4.78 is 11.2. The van der Waals surface area contributed by atoms with E-state index in [2.05, 4.69) is 25.2 Å². The van der Waals surface area contributed by atoms with E-state index in [1.54, 1.807) is 18.6 Å². The zero-order chi connectivity index (χ0) is 20.3. The number of hydrogen-bond acceptors (Lipinski definition) is 8. The summed E-state index contributed by atoms with van der Waals surface area (Å²) in [5.74, 6) is 2.17. The minimum absolute atomic E-state index is 0.00772. The summed E-state index contributed by atoms with van der Waals surface area (Å²) in [5.41, 5.74) is 1.74. The van der Waals surface area contributed by atoms with Crippen LogP contribution in [0.3, 0.4) is 0 Å². The molecule has 2 aromatic heterocycles. The third-order valence-corrected chi connectivity index (χ3v) is 6.00. The van der Waals surface area contributed by atoms with Gasteiger partial charge in [-0.05, 0) is 31.0 Å². The Bertz CT molecular complexity index is 1040. The molecule has 0 bridgehead atoms. The molecule has 1 N–H and O–H groups in total. The number of carbonyl (C=O) groups excluding carboxylic acids is 1. The van der Waals surface area contributed by atoms with Crippen molar-refractivity contribution in [2.24, 2.45) is 5.92 Å². The second kappa shape index (κ2) is 8.27. The third kappa shape index (κ3) is 3.93. The fourth-order valence-corrected chi connectivity index (χ4v) is 4.45. The molecule has 8 nitrogen and oxygen atoms in total. The Balaban J connectivity index is 1.25. The summed E-state index contributed by atoms with van der Waals surface area (Å²) in [7, 11) is 0. The fraction of sp³-hybridized carbons (Fsp3) is 0.333.